The molecule has 0 spiro atoms. The van der Waals surface area contributed by atoms with Gasteiger partial charge in [-0.3, -0.25) is 4.79 Å². The van der Waals surface area contributed by atoms with Gasteiger partial charge < -0.3 is 10.4 Å². The van der Waals surface area contributed by atoms with Crippen molar-refractivity contribution in [3.8, 4) is 5.75 Å². The normalized spacial score (nSPS) is 11.2. The highest BCUT2D eigenvalue weighted by molar-refractivity contribution is 7.89. The number of aromatic hydroxyl groups is 1. The molecule has 6 nitrogen and oxygen atoms in total. The number of halogens is 1. The molecule has 1 rings (SSSR count). The van der Waals surface area contributed by atoms with Crippen LogP contribution in [0.5, 0.6) is 5.75 Å². The van der Waals surface area contributed by atoms with Gasteiger partial charge in [0, 0.05) is 6.54 Å². The second kappa shape index (κ2) is 6.03. The molecule has 4 N–H and O–H groups in total. The minimum atomic E-state index is -3.52. The number of amides is 1. The number of sulfonamides is 1. The molecule has 100 valence electrons. The molecule has 0 aromatic heterocycles. The maximum absolute atomic E-state index is 11.7. The van der Waals surface area contributed by atoms with Crippen LogP contribution >= 0.6 is 11.6 Å². The average Bonchev–Trinajstić information content (AvgIpc) is 2.26. The van der Waals surface area contributed by atoms with Crippen LogP contribution in [-0.2, 0) is 10.0 Å². The maximum Gasteiger partial charge on any atom is 0.252 e. The summed E-state index contributed by atoms with van der Waals surface area (Å²) in [5.74, 6) is -0.763. The number of rotatable bonds is 5. The van der Waals surface area contributed by atoms with Crippen LogP contribution in [0, 0.1) is 0 Å². The van der Waals surface area contributed by atoms with Gasteiger partial charge in [0.2, 0.25) is 10.0 Å². The Morgan fingerprint density at radius 3 is 2.72 bits per heavy atom. The summed E-state index contributed by atoms with van der Waals surface area (Å²) in [6.07, 6.45) is 0.209. The van der Waals surface area contributed by atoms with Gasteiger partial charge in [-0.05, 0) is 24.6 Å². The summed E-state index contributed by atoms with van der Waals surface area (Å²) in [5.41, 5.74) is 0.132. The summed E-state index contributed by atoms with van der Waals surface area (Å²) in [6, 6.07) is 3.99. The SMILES string of the molecule is NS(=O)(=O)CCCNC(=O)c1cc(O)ccc1Cl. The molecule has 0 saturated heterocycles. The average molecular weight is 293 g/mol. The molecule has 1 aromatic carbocycles. The fourth-order valence-corrected chi connectivity index (χ4v) is 2.01. The van der Waals surface area contributed by atoms with E-state index in [4.69, 9.17) is 16.7 Å². The lowest BCUT2D eigenvalue weighted by Gasteiger charge is -2.06. The summed E-state index contributed by atoms with van der Waals surface area (Å²) < 4.78 is 21.3. The molecule has 18 heavy (non-hydrogen) atoms. The van der Waals surface area contributed by atoms with Gasteiger partial charge in [0.05, 0.1) is 16.3 Å². The van der Waals surface area contributed by atoms with E-state index >= 15 is 0 Å². The smallest absolute Gasteiger partial charge is 0.252 e. The molecule has 1 aromatic rings. The monoisotopic (exact) mass is 292 g/mol. The molecule has 8 heteroatoms. The highest BCUT2D eigenvalue weighted by atomic mass is 35.5. The van der Waals surface area contributed by atoms with Gasteiger partial charge in [-0.1, -0.05) is 11.6 Å². The number of primary sulfonamides is 1. The van der Waals surface area contributed by atoms with E-state index in [1.54, 1.807) is 0 Å². The maximum atomic E-state index is 11.7. The lowest BCUT2D eigenvalue weighted by Crippen LogP contribution is -2.27. The number of hydrogen-bond acceptors (Lipinski definition) is 4. The van der Waals surface area contributed by atoms with Crippen LogP contribution in [0.15, 0.2) is 18.2 Å². The van der Waals surface area contributed by atoms with E-state index < -0.39 is 15.9 Å². The number of nitrogens with two attached hydrogens (primary N) is 1. The molecule has 0 aliphatic carbocycles. The number of carbonyl (C=O) groups is 1. The quantitative estimate of drug-likeness (QED) is 0.685. The number of hydrogen-bond donors (Lipinski definition) is 3. The second-order valence-electron chi connectivity index (χ2n) is 3.64. The Labute approximate surface area is 110 Å². The van der Waals surface area contributed by atoms with Gasteiger partial charge in [0.15, 0.2) is 0 Å². The standard InChI is InChI=1S/C10H13ClN2O4S/c11-9-3-2-7(14)6-8(9)10(15)13-4-1-5-18(12,16)17/h2-3,6,14H,1,4-5H2,(H,13,15)(H2,12,16,17). The Hall–Kier alpha value is -1.31. The van der Waals surface area contributed by atoms with E-state index in [0.29, 0.717) is 0 Å². The lowest BCUT2D eigenvalue weighted by atomic mass is 10.2. The zero-order valence-electron chi connectivity index (χ0n) is 9.39. The first-order valence-electron chi connectivity index (χ1n) is 5.07. The van der Waals surface area contributed by atoms with Gasteiger partial charge in [-0.2, -0.15) is 0 Å². The summed E-state index contributed by atoms with van der Waals surface area (Å²) >= 11 is 5.79. The lowest BCUT2D eigenvalue weighted by molar-refractivity contribution is 0.0953. The van der Waals surface area contributed by atoms with Crippen LogP contribution in [0.25, 0.3) is 0 Å². The number of phenolic OH excluding ortho intramolecular Hbond substituents is 1. The Kier molecular flexibility index (Phi) is 4.94. The van der Waals surface area contributed by atoms with E-state index in [-0.39, 0.29) is 35.1 Å². The minimum Gasteiger partial charge on any atom is -0.508 e. The molecule has 0 radical (unpaired) electrons. The van der Waals surface area contributed by atoms with Crippen LogP contribution in [0.1, 0.15) is 16.8 Å². The third-order valence-corrected chi connectivity index (χ3v) is 3.27. The van der Waals surface area contributed by atoms with Crippen molar-refractivity contribution < 1.29 is 18.3 Å². The van der Waals surface area contributed by atoms with Gasteiger partial charge in [-0.15, -0.1) is 0 Å². The van der Waals surface area contributed by atoms with E-state index in [1.807, 2.05) is 0 Å². The highest BCUT2D eigenvalue weighted by Gasteiger charge is 2.11. The van der Waals surface area contributed by atoms with Gasteiger partial charge in [-0.25, -0.2) is 13.6 Å². The van der Waals surface area contributed by atoms with Crippen molar-refractivity contribution in [2.75, 3.05) is 12.3 Å². The van der Waals surface area contributed by atoms with Crippen LogP contribution in [0.3, 0.4) is 0 Å². The van der Waals surface area contributed by atoms with Crippen LogP contribution < -0.4 is 10.5 Å². The summed E-state index contributed by atoms with van der Waals surface area (Å²) in [5, 5.41) is 16.7. The molecule has 0 atom stereocenters. The molecule has 0 bridgehead atoms. The highest BCUT2D eigenvalue weighted by Crippen LogP contribution is 2.20. The van der Waals surface area contributed by atoms with Crippen molar-refractivity contribution >= 4 is 27.5 Å². The number of nitrogens with one attached hydrogen (secondary N) is 1. The molecule has 0 saturated carbocycles. The van der Waals surface area contributed by atoms with Crippen molar-refractivity contribution in [1.82, 2.24) is 5.32 Å². The van der Waals surface area contributed by atoms with Crippen molar-refractivity contribution in [2.24, 2.45) is 5.14 Å². The molecular weight excluding hydrogens is 280 g/mol. The molecule has 0 aliphatic rings. The van der Waals surface area contributed by atoms with Gasteiger partial charge in [0.1, 0.15) is 5.75 Å². The third-order valence-electron chi connectivity index (χ3n) is 2.09. The second-order valence-corrected chi connectivity index (χ2v) is 5.78. The number of benzene rings is 1. The third kappa shape index (κ3) is 4.91. The van der Waals surface area contributed by atoms with E-state index in [0.717, 1.165) is 0 Å². The van der Waals surface area contributed by atoms with Gasteiger partial charge >= 0.3 is 0 Å². The molecular formula is C10H13ClN2O4S. The predicted molar refractivity (Wildman–Crippen MR) is 68.0 cm³/mol. The molecule has 0 unspecified atom stereocenters. The van der Waals surface area contributed by atoms with Crippen LogP contribution in [0.2, 0.25) is 5.02 Å². The predicted octanol–water partition coefficient (Wildman–Crippen LogP) is 0.454. The fourth-order valence-electron chi connectivity index (χ4n) is 1.26. The molecule has 1 amide bonds. The number of phenols is 1. The van der Waals surface area contributed by atoms with E-state index in [9.17, 15) is 18.3 Å². The summed E-state index contributed by atoms with van der Waals surface area (Å²) in [7, 11) is -3.52. The first kappa shape index (κ1) is 14.7. The first-order valence-corrected chi connectivity index (χ1v) is 7.16. The van der Waals surface area contributed by atoms with Crippen molar-refractivity contribution in [3.63, 3.8) is 0 Å². The zero-order valence-corrected chi connectivity index (χ0v) is 11.0. The largest absolute Gasteiger partial charge is 0.508 e. The van der Waals surface area contributed by atoms with Crippen LogP contribution in [-0.4, -0.2) is 31.7 Å². The van der Waals surface area contributed by atoms with Crippen molar-refractivity contribution in [3.05, 3.63) is 28.8 Å². The van der Waals surface area contributed by atoms with E-state index in [1.165, 1.54) is 18.2 Å². The van der Waals surface area contributed by atoms with Gasteiger partial charge in [0.25, 0.3) is 5.91 Å². The van der Waals surface area contributed by atoms with Crippen LogP contribution in [0.4, 0.5) is 0 Å². The fraction of sp³-hybridized carbons (Fsp3) is 0.300. The Balaban J connectivity index is 2.53. The molecule has 0 fully saturated rings. The molecule has 0 heterocycles. The zero-order chi connectivity index (χ0) is 13.8. The Morgan fingerprint density at radius 2 is 2.11 bits per heavy atom. The first-order chi connectivity index (χ1) is 8.29. The minimum absolute atomic E-state index is 0.0749. The Morgan fingerprint density at radius 1 is 1.44 bits per heavy atom. The van der Waals surface area contributed by atoms with Crippen molar-refractivity contribution in [1.29, 1.82) is 0 Å². The summed E-state index contributed by atoms with van der Waals surface area (Å²) in [6.45, 7) is 0.154. The summed E-state index contributed by atoms with van der Waals surface area (Å²) in [4.78, 5) is 11.7. The van der Waals surface area contributed by atoms with E-state index in [2.05, 4.69) is 5.32 Å². The van der Waals surface area contributed by atoms with Crippen molar-refractivity contribution in [2.45, 2.75) is 6.42 Å². The topological polar surface area (TPSA) is 109 Å². The Bertz CT molecular complexity index is 545. The molecule has 0 aliphatic heterocycles. The number of carbonyl (C=O) groups excluding carboxylic acids is 1.